The number of carbonyl (C=O) groups excluding carboxylic acids is 1. The van der Waals surface area contributed by atoms with E-state index in [0.717, 1.165) is 0 Å². The van der Waals surface area contributed by atoms with Crippen LogP contribution in [0.15, 0.2) is 12.7 Å². The Bertz CT molecular complexity index is 189. The van der Waals surface area contributed by atoms with Crippen molar-refractivity contribution in [2.45, 2.75) is 25.9 Å². The van der Waals surface area contributed by atoms with Crippen LogP contribution in [0, 0.1) is 5.92 Å². The first-order valence-corrected chi connectivity index (χ1v) is 4.13. The molecule has 0 spiro atoms. The van der Waals surface area contributed by atoms with Crippen molar-refractivity contribution in [1.82, 2.24) is 0 Å². The van der Waals surface area contributed by atoms with Gasteiger partial charge in [0.2, 0.25) is 0 Å². The van der Waals surface area contributed by atoms with Gasteiger partial charge in [0.05, 0.1) is 0 Å². The maximum Gasteiger partial charge on any atom is 0.405 e. The van der Waals surface area contributed by atoms with Crippen LogP contribution in [0.2, 0.25) is 0 Å². The van der Waals surface area contributed by atoms with Crippen molar-refractivity contribution in [3.05, 3.63) is 12.7 Å². The van der Waals surface area contributed by atoms with E-state index in [9.17, 15) is 4.79 Å². The number of primary amides is 1. The van der Waals surface area contributed by atoms with E-state index in [1.807, 2.05) is 0 Å². The molecule has 4 nitrogen and oxygen atoms in total. The molecule has 0 rings (SSSR count). The minimum absolute atomic E-state index is 0.00491. The summed E-state index contributed by atoms with van der Waals surface area (Å²) in [6, 6.07) is 0. The zero-order valence-electron chi connectivity index (χ0n) is 8.12. The molecular weight excluding hydrogens is 170 g/mol. The normalized spacial score (nSPS) is 13.5. The van der Waals surface area contributed by atoms with Crippen LogP contribution in [0.1, 0.15) is 20.3 Å². The van der Waals surface area contributed by atoms with Gasteiger partial charge in [-0.2, -0.15) is 0 Å². The molecule has 0 aromatic heterocycles. The maximum atomic E-state index is 10.5. The molecule has 1 amide bonds. The topological polar surface area (TPSA) is 72.6 Å². The molecule has 0 saturated heterocycles. The third-order valence-electron chi connectivity index (χ3n) is 1.70. The average molecular weight is 187 g/mol. The molecule has 1 atom stereocenters. The van der Waals surface area contributed by atoms with E-state index in [4.69, 9.17) is 15.6 Å². The lowest BCUT2D eigenvalue weighted by molar-refractivity contribution is 0.0249. The van der Waals surface area contributed by atoms with Crippen molar-refractivity contribution in [1.29, 1.82) is 0 Å². The highest BCUT2D eigenvalue weighted by Gasteiger charge is 2.24. The first-order valence-electron chi connectivity index (χ1n) is 4.13. The SMILES string of the molecule is C=C[C@@H](CO)CC(C)(C)OC(N)=O. The predicted octanol–water partition coefficient (Wildman–Crippen LogP) is 1.04. The number of aliphatic hydroxyl groups is 1. The van der Waals surface area contributed by atoms with Gasteiger partial charge in [-0.3, -0.25) is 0 Å². The average Bonchev–Trinajstić information content (AvgIpc) is 1.97. The van der Waals surface area contributed by atoms with Gasteiger partial charge in [-0.1, -0.05) is 6.08 Å². The van der Waals surface area contributed by atoms with Crippen molar-refractivity contribution in [3.63, 3.8) is 0 Å². The minimum atomic E-state index is -0.800. The lowest BCUT2D eigenvalue weighted by Gasteiger charge is -2.26. The summed E-state index contributed by atoms with van der Waals surface area (Å²) < 4.78 is 4.85. The summed E-state index contributed by atoms with van der Waals surface area (Å²) in [5, 5.41) is 8.88. The molecule has 0 saturated carbocycles. The molecule has 0 aliphatic carbocycles. The molecule has 0 aliphatic heterocycles. The van der Waals surface area contributed by atoms with E-state index in [2.05, 4.69) is 6.58 Å². The number of hydrogen-bond acceptors (Lipinski definition) is 3. The van der Waals surface area contributed by atoms with Gasteiger partial charge in [-0.05, 0) is 20.3 Å². The van der Waals surface area contributed by atoms with Crippen LogP contribution in [-0.2, 0) is 4.74 Å². The highest BCUT2D eigenvalue weighted by molar-refractivity contribution is 5.65. The molecular formula is C9H17NO3. The molecule has 0 fully saturated rings. The Kier molecular flexibility index (Phi) is 4.48. The Labute approximate surface area is 78.4 Å². The standard InChI is InChI=1S/C9H17NO3/c1-4-7(6-11)5-9(2,3)13-8(10)12/h4,7,11H,1,5-6H2,2-3H3,(H2,10,12)/t7-/m1/s1. The van der Waals surface area contributed by atoms with Crippen LogP contribution in [0.5, 0.6) is 0 Å². The number of amides is 1. The van der Waals surface area contributed by atoms with Crippen LogP contribution in [0.3, 0.4) is 0 Å². The van der Waals surface area contributed by atoms with Gasteiger partial charge < -0.3 is 15.6 Å². The van der Waals surface area contributed by atoms with Crippen LogP contribution in [0.4, 0.5) is 4.79 Å². The zero-order valence-corrected chi connectivity index (χ0v) is 8.12. The van der Waals surface area contributed by atoms with Gasteiger partial charge in [0.1, 0.15) is 5.60 Å². The Morgan fingerprint density at radius 1 is 1.77 bits per heavy atom. The van der Waals surface area contributed by atoms with E-state index in [0.29, 0.717) is 6.42 Å². The van der Waals surface area contributed by atoms with E-state index >= 15 is 0 Å². The molecule has 0 unspecified atom stereocenters. The second-order valence-electron chi connectivity index (χ2n) is 3.56. The predicted molar refractivity (Wildman–Crippen MR) is 50.1 cm³/mol. The largest absolute Gasteiger partial charge is 0.444 e. The monoisotopic (exact) mass is 187 g/mol. The van der Waals surface area contributed by atoms with Gasteiger partial charge in [-0.15, -0.1) is 6.58 Å². The third kappa shape index (κ3) is 5.25. The van der Waals surface area contributed by atoms with E-state index in [-0.39, 0.29) is 12.5 Å². The molecule has 0 aromatic rings. The van der Waals surface area contributed by atoms with Gasteiger partial charge >= 0.3 is 6.09 Å². The van der Waals surface area contributed by atoms with Crippen LogP contribution in [0.25, 0.3) is 0 Å². The number of ether oxygens (including phenoxy) is 1. The summed E-state index contributed by atoms with van der Waals surface area (Å²) in [6.45, 7) is 7.04. The van der Waals surface area contributed by atoms with Crippen molar-refractivity contribution in [3.8, 4) is 0 Å². The summed E-state index contributed by atoms with van der Waals surface area (Å²) in [4.78, 5) is 10.5. The number of nitrogens with two attached hydrogens (primary N) is 1. The summed E-state index contributed by atoms with van der Waals surface area (Å²) in [7, 11) is 0. The number of rotatable bonds is 5. The lowest BCUT2D eigenvalue weighted by Crippen LogP contribution is -2.33. The molecule has 0 aromatic carbocycles. The minimum Gasteiger partial charge on any atom is -0.444 e. The van der Waals surface area contributed by atoms with Crippen molar-refractivity contribution in [2.75, 3.05) is 6.61 Å². The zero-order chi connectivity index (χ0) is 10.5. The molecule has 3 N–H and O–H groups in total. The number of hydrogen-bond donors (Lipinski definition) is 2. The Hall–Kier alpha value is -1.03. The van der Waals surface area contributed by atoms with E-state index < -0.39 is 11.7 Å². The van der Waals surface area contributed by atoms with Crippen molar-refractivity contribution >= 4 is 6.09 Å². The van der Waals surface area contributed by atoms with Gasteiger partial charge in [-0.25, -0.2) is 4.79 Å². The molecule has 13 heavy (non-hydrogen) atoms. The quantitative estimate of drug-likeness (QED) is 0.632. The fourth-order valence-corrected chi connectivity index (χ4v) is 1.17. The fourth-order valence-electron chi connectivity index (χ4n) is 1.17. The molecule has 0 bridgehead atoms. The fraction of sp³-hybridized carbons (Fsp3) is 0.667. The molecule has 0 heterocycles. The third-order valence-corrected chi connectivity index (χ3v) is 1.70. The summed E-state index contributed by atoms with van der Waals surface area (Å²) in [5.74, 6) is -0.0747. The summed E-state index contributed by atoms with van der Waals surface area (Å²) >= 11 is 0. The molecule has 4 heteroatoms. The summed E-state index contributed by atoms with van der Waals surface area (Å²) in [6.07, 6.45) is 1.34. The molecule has 0 radical (unpaired) electrons. The highest BCUT2D eigenvalue weighted by atomic mass is 16.6. The Morgan fingerprint density at radius 3 is 2.62 bits per heavy atom. The number of aliphatic hydroxyl groups excluding tert-OH is 1. The second kappa shape index (κ2) is 4.87. The first kappa shape index (κ1) is 12.0. The summed E-state index contributed by atoms with van der Waals surface area (Å²) in [5.41, 5.74) is 4.23. The maximum absolute atomic E-state index is 10.5. The number of carbonyl (C=O) groups is 1. The highest BCUT2D eigenvalue weighted by Crippen LogP contribution is 2.20. The van der Waals surface area contributed by atoms with E-state index in [1.54, 1.807) is 19.9 Å². The smallest absolute Gasteiger partial charge is 0.405 e. The van der Waals surface area contributed by atoms with Crippen LogP contribution < -0.4 is 5.73 Å². The Morgan fingerprint density at radius 2 is 2.31 bits per heavy atom. The van der Waals surface area contributed by atoms with Crippen molar-refractivity contribution < 1.29 is 14.6 Å². The van der Waals surface area contributed by atoms with Crippen LogP contribution in [-0.4, -0.2) is 23.4 Å². The van der Waals surface area contributed by atoms with Gasteiger partial charge in [0.25, 0.3) is 0 Å². The molecule has 0 aliphatic rings. The van der Waals surface area contributed by atoms with E-state index in [1.165, 1.54) is 0 Å². The lowest BCUT2D eigenvalue weighted by atomic mass is 9.94. The van der Waals surface area contributed by atoms with Crippen molar-refractivity contribution in [2.24, 2.45) is 11.7 Å². The molecule has 76 valence electrons. The Balaban J connectivity index is 4.13. The van der Waals surface area contributed by atoms with Gasteiger partial charge in [0, 0.05) is 12.5 Å². The second-order valence-corrected chi connectivity index (χ2v) is 3.56. The van der Waals surface area contributed by atoms with Gasteiger partial charge in [0.15, 0.2) is 0 Å². The van der Waals surface area contributed by atoms with Crippen LogP contribution >= 0.6 is 0 Å². The first-order chi connectivity index (χ1) is 5.91.